The Balaban J connectivity index is 1.25. The van der Waals surface area contributed by atoms with Crippen LogP contribution in [0.25, 0.3) is 0 Å². The second kappa shape index (κ2) is 9.31. The number of likely N-dealkylation sites (tertiary alicyclic amines) is 1. The highest BCUT2D eigenvalue weighted by atomic mass is 16.5. The average Bonchev–Trinajstić information content (AvgIpc) is 2.80. The summed E-state index contributed by atoms with van der Waals surface area (Å²) in [6.07, 6.45) is 1.98. The minimum Gasteiger partial charge on any atom is -0.496 e. The Morgan fingerprint density at radius 3 is 2.31 bits per heavy atom. The SMILES string of the molecule is COc1ccccc1C[NH+]1CCC(C(=O)N2CCN(c3ccccc3)CC2)CC1. The Kier molecular flexibility index (Phi) is 6.35. The third-order valence-corrected chi connectivity index (χ3v) is 6.39. The molecule has 0 aliphatic carbocycles. The standard InChI is InChI=1S/C24H31N3O2/c1-29-23-10-6-5-7-21(23)19-25-13-11-20(12-14-25)24(28)27-17-15-26(16-18-27)22-8-3-2-4-9-22/h2-10,20H,11-19H2,1H3/p+1. The third-order valence-electron chi connectivity index (χ3n) is 6.39. The Morgan fingerprint density at radius 2 is 1.62 bits per heavy atom. The number of benzene rings is 2. The lowest BCUT2D eigenvalue weighted by molar-refractivity contribution is -0.919. The fourth-order valence-electron chi connectivity index (χ4n) is 4.65. The number of amides is 1. The molecule has 0 aromatic heterocycles. The topological polar surface area (TPSA) is 37.2 Å². The van der Waals surface area contributed by atoms with Gasteiger partial charge in [0.25, 0.3) is 0 Å². The summed E-state index contributed by atoms with van der Waals surface area (Å²) in [7, 11) is 1.73. The van der Waals surface area contributed by atoms with Crippen LogP contribution in [0.2, 0.25) is 0 Å². The van der Waals surface area contributed by atoms with E-state index >= 15 is 0 Å². The highest BCUT2D eigenvalue weighted by Gasteiger charge is 2.32. The molecule has 2 aromatic rings. The maximum Gasteiger partial charge on any atom is 0.226 e. The molecule has 0 spiro atoms. The molecule has 4 rings (SSSR count). The fourth-order valence-corrected chi connectivity index (χ4v) is 4.65. The lowest BCUT2D eigenvalue weighted by Crippen LogP contribution is -3.11. The van der Waals surface area contributed by atoms with E-state index in [1.165, 1.54) is 11.3 Å². The molecule has 154 valence electrons. The first-order valence-corrected chi connectivity index (χ1v) is 10.8. The van der Waals surface area contributed by atoms with Crippen LogP contribution < -0.4 is 14.5 Å². The van der Waals surface area contributed by atoms with E-state index in [4.69, 9.17) is 4.74 Å². The van der Waals surface area contributed by atoms with E-state index in [0.29, 0.717) is 5.91 Å². The van der Waals surface area contributed by atoms with Crippen molar-refractivity contribution in [2.45, 2.75) is 19.4 Å². The van der Waals surface area contributed by atoms with E-state index < -0.39 is 0 Å². The van der Waals surface area contributed by atoms with Crippen molar-refractivity contribution >= 4 is 11.6 Å². The van der Waals surface area contributed by atoms with Crippen LogP contribution in [-0.2, 0) is 11.3 Å². The summed E-state index contributed by atoms with van der Waals surface area (Å²) in [5, 5.41) is 0. The zero-order valence-electron chi connectivity index (χ0n) is 17.3. The summed E-state index contributed by atoms with van der Waals surface area (Å²) in [6, 6.07) is 18.8. The maximum absolute atomic E-state index is 13.0. The first kappa shape index (κ1) is 19.8. The predicted molar refractivity (Wildman–Crippen MR) is 115 cm³/mol. The van der Waals surface area contributed by atoms with Gasteiger partial charge >= 0.3 is 0 Å². The van der Waals surface area contributed by atoms with E-state index in [-0.39, 0.29) is 5.92 Å². The van der Waals surface area contributed by atoms with Crippen molar-refractivity contribution in [2.75, 3.05) is 51.3 Å². The number of piperazine rings is 1. The van der Waals surface area contributed by atoms with Gasteiger partial charge < -0.3 is 19.4 Å². The van der Waals surface area contributed by atoms with Crippen LogP contribution in [0.5, 0.6) is 5.75 Å². The first-order chi connectivity index (χ1) is 14.2. The Morgan fingerprint density at radius 1 is 0.966 bits per heavy atom. The van der Waals surface area contributed by atoms with E-state index in [0.717, 1.165) is 64.4 Å². The normalized spacial score (nSPS) is 22.4. The summed E-state index contributed by atoms with van der Waals surface area (Å²) in [6.45, 7) is 6.60. The number of methoxy groups -OCH3 is 1. The van der Waals surface area contributed by atoms with Gasteiger partial charge in [0.05, 0.1) is 20.2 Å². The van der Waals surface area contributed by atoms with Gasteiger partial charge in [0, 0.05) is 56.2 Å². The number of quaternary nitrogens is 1. The van der Waals surface area contributed by atoms with Crippen LogP contribution in [-0.4, -0.2) is 57.2 Å². The molecule has 2 heterocycles. The lowest BCUT2D eigenvalue weighted by atomic mass is 9.94. The fraction of sp³-hybridized carbons (Fsp3) is 0.458. The van der Waals surface area contributed by atoms with Crippen LogP contribution in [0.1, 0.15) is 18.4 Å². The van der Waals surface area contributed by atoms with Gasteiger partial charge in [-0.3, -0.25) is 4.79 Å². The molecule has 0 unspecified atom stereocenters. The maximum atomic E-state index is 13.0. The molecule has 29 heavy (non-hydrogen) atoms. The molecule has 2 aliphatic heterocycles. The van der Waals surface area contributed by atoms with Crippen molar-refractivity contribution in [2.24, 2.45) is 5.92 Å². The molecule has 0 saturated carbocycles. The summed E-state index contributed by atoms with van der Waals surface area (Å²) < 4.78 is 5.49. The molecular formula is C24H32N3O2+. The van der Waals surface area contributed by atoms with E-state index in [2.05, 4.69) is 46.2 Å². The molecule has 2 aliphatic rings. The Bertz CT molecular complexity index is 795. The zero-order chi connectivity index (χ0) is 20.1. The third kappa shape index (κ3) is 4.73. The van der Waals surface area contributed by atoms with Crippen molar-refractivity contribution < 1.29 is 14.4 Å². The quantitative estimate of drug-likeness (QED) is 0.841. The number of carbonyl (C=O) groups excluding carboxylic acids is 1. The molecular weight excluding hydrogens is 362 g/mol. The van der Waals surface area contributed by atoms with Gasteiger partial charge in [-0.2, -0.15) is 0 Å². The monoisotopic (exact) mass is 394 g/mol. The second-order valence-corrected chi connectivity index (χ2v) is 8.16. The van der Waals surface area contributed by atoms with E-state index in [9.17, 15) is 4.79 Å². The zero-order valence-corrected chi connectivity index (χ0v) is 17.3. The van der Waals surface area contributed by atoms with E-state index in [1.54, 1.807) is 12.0 Å². The molecule has 2 fully saturated rings. The molecule has 5 nitrogen and oxygen atoms in total. The number of hydrogen-bond acceptors (Lipinski definition) is 3. The Labute approximate surface area is 173 Å². The Hall–Kier alpha value is -2.53. The van der Waals surface area contributed by atoms with Crippen LogP contribution in [0.3, 0.4) is 0 Å². The smallest absolute Gasteiger partial charge is 0.226 e. The summed E-state index contributed by atoms with van der Waals surface area (Å²) in [4.78, 5) is 19.1. The van der Waals surface area contributed by atoms with Crippen LogP contribution in [0, 0.1) is 5.92 Å². The molecule has 2 aromatic carbocycles. The van der Waals surface area contributed by atoms with Gasteiger partial charge in [0.1, 0.15) is 12.3 Å². The largest absolute Gasteiger partial charge is 0.496 e. The second-order valence-electron chi connectivity index (χ2n) is 8.16. The number of rotatable bonds is 5. The van der Waals surface area contributed by atoms with Crippen molar-refractivity contribution in [3.63, 3.8) is 0 Å². The number of hydrogen-bond donors (Lipinski definition) is 1. The molecule has 0 bridgehead atoms. The highest BCUT2D eigenvalue weighted by Crippen LogP contribution is 2.20. The minimum atomic E-state index is 0.194. The summed E-state index contributed by atoms with van der Waals surface area (Å²) in [5.74, 6) is 1.53. The van der Waals surface area contributed by atoms with Gasteiger partial charge in [-0.1, -0.05) is 30.3 Å². The number of para-hydroxylation sites is 2. The van der Waals surface area contributed by atoms with Gasteiger partial charge in [-0.15, -0.1) is 0 Å². The van der Waals surface area contributed by atoms with Crippen molar-refractivity contribution in [3.8, 4) is 5.75 Å². The average molecular weight is 395 g/mol. The van der Waals surface area contributed by atoms with Crippen molar-refractivity contribution in [3.05, 3.63) is 60.2 Å². The minimum absolute atomic E-state index is 0.194. The number of carbonyl (C=O) groups is 1. The van der Waals surface area contributed by atoms with Gasteiger partial charge in [-0.25, -0.2) is 0 Å². The number of ether oxygens (including phenoxy) is 1. The predicted octanol–water partition coefficient (Wildman–Crippen LogP) is 1.84. The van der Waals surface area contributed by atoms with Gasteiger partial charge in [-0.05, 0) is 24.3 Å². The summed E-state index contributed by atoms with van der Waals surface area (Å²) >= 11 is 0. The van der Waals surface area contributed by atoms with Crippen LogP contribution in [0.15, 0.2) is 54.6 Å². The highest BCUT2D eigenvalue weighted by molar-refractivity contribution is 5.79. The van der Waals surface area contributed by atoms with Crippen molar-refractivity contribution in [1.82, 2.24) is 4.90 Å². The summed E-state index contributed by atoms with van der Waals surface area (Å²) in [5.41, 5.74) is 2.51. The van der Waals surface area contributed by atoms with Crippen molar-refractivity contribution in [1.29, 1.82) is 0 Å². The molecule has 0 radical (unpaired) electrons. The number of anilines is 1. The number of nitrogens with zero attached hydrogens (tertiary/aromatic N) is 2. The van der Waals surface area contributed by atoms with E-state index in [1.807, 2.05) is 18.2 Å². The van der Waals surface area contributed by atoms with Crippen LogP contribution >= 0.6 is 0 Å². The lowest BCUT2D eigenvalue weighted by Gasteiger charge is -2.38. The molecule has 5 heteroatoms. The molecule has 1 N–H and O–H groups in total. The molecule has 0 atom stereocenters. The first-order valence-electron chi connectivity index (χ1n) is 10.8. The molecule has 1 amide bonds. The number of piperidine rings is 1. The number of nitrogens with one attached hydrogen (secondary N) is 1. The van der Waals surface area contributed by atoms with Crippen LogP contribution in [0.4, 0.5) is 5.69 Å². The molecule has 2 saturated heterocycles. The van der Waals surface area contributed by atoms with Gasteiger partial charge in [0.2, 0.25) is 5.91 Å². The van der Waals surface area contributed by atoms with Gasteiger partial charge in [0.15, 0.2) is 0 Å².